The maximum Gasteiger partial charge on any atom is 0.251 e. The van der Waals surface area contributed by atoms with Crippen LogP contribution in [0.4, 0.5) is 5.69 Å². The Morgan fingerprint density at radius 2 is 1.88 bits per heavy atom. The Bertz CT molecular complexity index is 1050. The number of thiazole rings is 1. The van der Waals surface area contributed by atoms with E-state index in [4.69, 9.17) is 16.3 Å². The number of nitrogens with one attached hydrogen (secondary N) is 1. The second-order valence-corrected chi connectivity index (χ2v) is 8.48. The molecule has 0 aliphatic carbocycles. The third kappa shape index (κ3) is 5.77. The number of hydrogen-bond donors (Lipinski definition) is 1. The van der Waals surface area contributed by atoms with Crippen LogP contribution in [0.1, 0.15) is 16.1 Å². The summed E-state index contributed by atoms with van der Waals surface area (Å²) in [6, 6.07) is 14.6. The molecule has 166 valence electrons. The molecule has 1 fully saturated rings. The monoisotopic (exact) mass is 470 g/mol. The molecule has 1 N–H and O–H groups in total. The fraction of sp³-hybridized carbons (Fsp3) is 0.261. The fourth-order valence-electron chi connectivity index (χ4n) is 3.43. The van der Waals surface area contributed by atoms with Crippen molar-refractivity contribution in [2.24, 2.45) is 0 Å². The van der Waals surface area contributed by atoms with Crippen molar-refractivity contribution in [3.63, 3.8) is 0 Å². The SMILES string of the molecule is O=C(NCC(=O)N1CCN(c2ccc(Cl)cc2)CC1)c1cccc(OCc2cscn2)c1. The Kier molecular flexibility index (Phi) is 7.24. The lowest BCUT2D eigenvalue weighted by atomic mass is 10.2. The van der Waals surface area contributed by atoms with Crippen LogP contribution in [0, 0.1) is 0 Å². The first kappa shape index (κ1) is 22.1. The van der Waals surface area contributed by atoms with Gasteiger partial charge in [-0.15, -0.1) is 11.3 Å². The number of carbonyl (C=O) groups is 2. The Morgan fingerprint density at radius 3 is 2.59 bits per heavy atom. The Labute approximate surface area is 195 Å². The highest BCUT2D eigenvalue weighted by Gasteiger charge is 2.21. The van der Waals surface area contributed by atoms with Crippen molar-refractivity contribution in [1.82, 2.24) is 15.2 Å². The molecule has 0 saturated carbocycles. The van der Waals surface area contributed by atoms with Crippen LogP contribution in [-0.2, 0) is 11.4 Å². The van der Waals surface area contributed by atoms with Crippen LogP contribution >= 0.6 is 22.9 Å². The number of carbonyl (C=O) groups excluding carboxylic acids is 2. The van der Waals surface area contributed by atoms with E-state index < -0.39 is 0 Å². The van der Waals surface area contributed by atoms with Crippen molar-refractivity contribution >= 4 is 40.4 Å². The van der Waals surface area contributed by atoms with Gasteiger partial charge in [-0.25, -0.2) is 4.98 Å². The maximum atomic E-state index is 12.6. The number of benzene rings is 2. The lowest BCUT2D eigenvalue weighted by Gasteiger charge is -2.36. The molecule has 32 heavy (non-hydrogen) atoms. The molecule has 0 radical (unpaired) electrons. The lowest BCUT2D eigenvalue weighted by Crippen LogP contribution is -2.51. The van der Waals surface area contributed by atoms with Crippen molar-refractivity contribution < 1.29 is 14.3 Å². The van der Waals surface area contributed by atoms with E-state index in [-0.39, 0.29) is 18.4 Å². The molecule has 1 aliphatic rings. The van der Waals surface area contributed by atoms with Crippen molar-refractivity contribution in [3.05, 3.63) is 75.7 Å². The first-order valence-electron chi connectivity index (χ1n) is 10.2. The third-order valence-corrected chi connectivity index (χ3v) is 6.08. The summed E-state index contributed by atoms with van der Waals surface area (Å²) in [7, 11) is 0. The van der Waals surface area contributed by atoms with E-state index in [1.807, 2.05) is 29.6 Å². The zero-order valence-corrected chi connectivity index (χ0v) is 18.9. The summed E-state index contributed by atoms with van der Waals surface area (Å²) in [5.74, 6) is 0.178. The number of hydrogen-bond acceptors (Lipinski definition) is 6. The molecule has 1 aromatic heterocycles. The summed E-state index contributed by atoms with van der Waals surface area (Å²) in [4.78, 5) is 33.2. The Morgan fingerprint density at radius 1 is 1.09 bits per heavy atom. The number of aromatic nitrogens is 1. The first-order chi connectivity index (χ1) is 15.6. The number of piperazine rings is 1. The quantitative estimate of drug-likeness (QED) is 0.572. The summed E-state index contributed by atoms with van der Waals surface area (Å²) < 4.78 is 5.69. The van der Waals surface area contributed by atoms with E-state index in [1.165, 1.54) is 11.3 Å². The van der Waals surface area contributed by atoms with Crippen LogP contribution < -0.4 is 15.0 Å². The highest BCUT2D eigenvalue weighted by atomic mass is 35.5. The average molecular weight is 471 g/mol. The second-order valence-electron chi connectivity index (χ2n) is 7.32. The molecule has 0 unspecified atom stereocenters. The lowest BCUT2D eigenvalue weighted by molar-refractivity contribution is -0.130. The van der Waals surface area contributed by atoms with Gasteiger partial charge in [0.25, 0.3) is 5.91 Å². The van der Waals surface area contributed by atoms with Gasteiger partial charge in [-0.1, -0.05) is 17.7 Å². The van der Waals surface area contributed by atoms with Crippen molar-refractivity contribution in [2.45, 2.75) is 6.61 Å². The van der Waals surface area contributed by atoms with Gasteiger partial charge in [0.05, 0.1) is 17.7 Å². The third-order valence-electron chi connectivity index (χ3n) is 5.19. The molecular weight excluding hydrogens is 448 g/mol. The van der Waals surface area contributed by atoms with Gasteiger partial charge in [-0.05, 0) is 42.5 Å². The average Bonchev–Trinajstić information content (AvgIpc) is 3.35. The van der Waals surface area contributed by atoms with Gasteiger partial charge < -0.3 is 19.9 Å². The van der Waals surface area contributed by atoms with E-state index in [1.54, 1.807) is 34.7 Å². The van der Waals surface area contributed by atoms with Gasteiger partial charge >= 0.3 is 0 Å². The summed E-state index contributed by atoms with van der Waals surface area (Å²) in [5.41, 5.74) is 4.12. The van der Waals surface area contributed by atoms with Crippen LogP contribution in [0.15, 0.2) is 59.4 Å². The molecule has 2 heterocycles. The minimum absolute atomic E-state index is 0.0380. The molecule has 3 aromatic rings. The minimum atomic E-state index is -0.308. The Hall–Kier alpha value is -3.10. The van der Waals surface area contributed by atoms with E-state index in [0.29, 0.717) is 36.0 Å². The summed E-state index contributed by atoms with van der Waals surface area (Å²) in [6.45, 7) is 2.99. The van der Waals surface area contributed by atoms with Gasteiger partial charge in [0.15, 0.2) is 0 Å². The van der Waals surface area contributed by atoms with Crippen LogP contribution in [0.3, 0.4) is 0 Å². The molecule has 4 rings (SSSR count). The highest BCUT2D eigenvalue weighted by Crippen LogP contribution is 2.19. The van der Waals surface area contributed by atoms with Gasteiger partial charge in [-0.2, -0.15) is 0 Å². The molecule has 2 aromatic carbocycles. The number of halogens is 1. The van der Waals surface area contributed by atoms with E-state index >= 15 is 0 Å². The Balaban J connectivity index is 1.24. The van der Waals surface area contributed by atoms with E-state index in [0.717, 1.165) is 24.5 Å². The number of ether oxygens (including phenoxy) is 1. The minimum Gasteiger partial charge on any atom is -0.487 e. The molecule has 0 bridgehead atoms. The standard InChI is InChI=1S/C23H23ClN4O3S/c24-18-4-6-20(7-5-18)27-8-10-28(11-9-27)22(29)13-25-23(30)17-2-1-3-21(12-17)31-14-19-15-32-16-26-19/h1-7,12,15-16H,8-11,13-14H2,(H,25,30). The predicted molar refractivity (Wildman–Crippen MR) is 125 cm³/mol. The van der Waals surface area contributed by atoms with Crippen molar-refractivity contribution in [3.8, 4) is 5.75 Å². The van der Waals surface area contributed by atoms with Gasteiger partial charge in [0.2, 0.25) is 5.91 Å². The molecule has 0 spiro atoms. The molecule has 7 nitrogen and oxygen atoms in total. The van der Waals surface area contributed by atoms with Crippen LogP contribution in [0.2, 0.25) is 5.02 Å². The normalized spacial score (nSPS) is 13.7. The maximum absolute atomic E-state index is 12.6. The molecule has 2 amide bonds. The predicted octanol–water partition coefficient (Wildman–Crippen LogP) is 3.45. The van der Waals surface area contributed by atoms with Crippen molar-refractivity contribution in [1.29, 1.82) is 0 Å². The molecule has 1 saturated heterocycles. The second kappa shape index (κ2) is 10.5. The molecular formula is C23H23ClN4O3S. The number of amides is 2. The summed E-state index contributed by atoms with van der Waals surface area (Å²) in [5, 5.41) is 5.34. The van der Waals surface area contributed by atoms with Crippen LogP contribution in [-0.4, -0.2) is 54.4 Å². The van der Waals surface area contributed by atoms with Crippen molar-refractivity contribution in [2.75, 3.05) is 37.6 Å². The molecule has 0 atom stereocenters. The van der Waals surface area contributed by atoms with Crippen LogP contribution in [0.25, 0.3) is 0 Å². The summed E-state index contributed by atoms with van der Waals surface area (Å²) >= 11 is 7.45. The van der Waals surface area contributed by atoms with E-state index in [9.17, 15) is 9.59 Å². The number of anilines is 1. The van der Waals surface area contributed by atoms with Crippen LogP contribution in [0.5, 0.6) is 5.75 Å². The topological polar surface area (TPSA) is 74.8 Å². The zero-order chi connectivity index (χ0) is 22.3. The molecule has 9 heteroatoms. The largest absolute Gasteiger partial charge is 0.487 e. The van der Waals surface area contributed by atoms with E-state index in [2.05, 4.69) is 15.2 Å². The number of rotatable bonds is 7. The highest BCUT2D eigenvalue weighted by molar-refractivity contribution is 7.07. The molecule has 1 aliphatic heterocycles. The van der Waals surface area contributed by atoms with Gasteiger partial charge in [0, 0.05) is 47.8 Å². The smallest absolute Gasteiger partial charge is 0.251 e. The zero-order valence-electron chi connectivity index (χ0n) is 17.4. The fourth-order valence-corrected chi connectivity index (χ4v) is 4.10. The first-order valence-corrected chi connectivity index (χ1v) is 11.6. The number of nitrogens with zero attached hydrogens (tertiary/aromatic N) is 3. The summed E-state index contributed by atoms with van der Waals surface area (Å²) in [6.07, 6.45) is 0. The van der Waals surface area contributed by atoms with Gasteiger partial charge in [0.1, 0.15) is 12.4 Å². The van der Waals surface area contributed by atoms with Gasteiger partial charge in [-0.3, -0.25) is 9.59 Å².